The van der Waals surface area contributed by atoms with Crippen molar-refractivity contribution in [3.05, 3.63) is 99.0 Å². The van der Waals surface area contributed by atoms with Crippen LogP contribution in [0.3, 0.4) is 0 Å². The van der Waals surface area contributed by atoms with Gasteiger partial charge in [0.25, 0.3) is 5.91 Å². The highest BCUT2D eigenvalue weighted by Gasteiger charge is 2.32. The number of aryl methyl sites for hydroxylation is 5. The Morgan fingerprint density at radius 1 is 1.02 bits per heavy atom. The maximum Gasteiger partial charge on any atom is 0.336 e. The van der Waals surface area contributed by atoms with Gasteiger partial charge in [0.05, 0.1) is 23.4 Å². The lowest BCUT2D eigenvalue weighted by atomic mass is 9.98. The van der Waals surface area contributed by atoms with Gasteiger partial charge in [-0.2, -0.15) is 5.10 Å². The number of aromatic amines is 1. The Balaban J connectivity index is 1.39. The zero-order valence-corrected chi connectivity index (χ0v) is 26.2. The van der Waals surface area contributed by atoms with Crippen LogP contribution >= 0.6 is 0 Å². The van der Waals surface area contributed by atoms with Crippen LogP contribution in [-0.2, 0) is 19.9 Å². The summed E-state index contributed by atoms with van der Waals surface area (Å²) in [6.07, 6.45) is 1.85. The van der Waals surface area contributed by atoms with Gasteiger partial charge in [0.1, 0.15) is 11.4 Å². The highest BCUT2D eigenvalue weighted by Crippen LogP contribution is 2.38. The molecule has 0 bridgehead atoms. The molecular weight excluding hydrogens is 552 g/mol. The van der Waals surface area contributed by atoms with E-state index in [4.69, 9.17) is 4.74 Å². The van der Waals surface area contributed by atoms with Crippen LogP contribution in [0.4, 0.5) is 5.69 Å². The number of carboxylic acids is 1. The van der Waals surface area contributed by atoms with Gasteiger partial charge in [-0.1, -0.05) is 24.3 Å². The molecule has 0 radical (unpaired) electrons. The number of aromatic carboxylic acids is 1. The average molecular weight is 591 g/mol. The number of hydrogen-bond acceptors (Lipinski definition) is 4. The number of nitrogens with zero attached hydrogens (tertiary/aromatic N) is 3. The molecule has 0 unspecified atom stereocenters. The second-order valence-corrected chi connectivity index (χ2v) is 11.8. The summed E-state index contributed by atoms with van der Waals surface area (Å²) in [6.45, 7) is 11.3. The van der Waals surface area contributed by atoms with Crippen LogP contribution in [-0.4, -0.2) is 44.9 Å². The van der Waals surface area contributed by atoms with Crippen molar-refractivity contribution in [2.24, 2.45) is 7.05 Å². The topological polar surface area (TPSA) is 100 Å². The maximum atomic E-state index is 14.3. The fourth-order valence-electron chi connectivity index (χ4n) is 6.59. The average Bonchev–Trinajstić information content (AvgIpc) is 3.66. The van der Waals surface area contributed by atoms with Crippen molar-refractivity contribution in [3.63, 3.8) is 0 Å². The third kappa shape index (κ3) is 4.94. The summed E-state index contributed by atoms with van der Waals surface area (Å²) in [5.74, 6) is -0.282. The molecule has 3 aromatic carbocycles. The lowest BCUT2D eigenvalue weighted by Gasteiger charge is -2.18. The number of H-pyrrole nitrogens is 1. The molecule has 2 N–H and O–H groups in total. The summed E-state index contributed by atoms with van der Waals surface area (Å²) in [4.78, 5) is 31.5. The van der Waals surface area contributed by atoms with E-state index in [-0.39, 0.29) is 11.5 Å². The first-order valence-electron chi connectivity index (χ1n) is 15.1. The summed E-state index contributed by atoms with van der Waals surface area (Å²) in [5, 5.41) is 15.4. The van der Waals surface area contributed by atoms with Crippen LogP contribution < -0.4 is 9.64 Å². The molecule has 8 heteroatoms. The normalized spacial score (nSPS) is 12.6. The Bertz CT molecular complexity index is 1920. The minimum absolute atomic E-state index is 0.159. The van der Waals surface area contributed by atoms with Crippen LogP contribution in [0.1, 0.15) is 66.5 Å². The molecule has 1 aliphatic heterocycles. The van der Waals surface area contributed by atoms with E-state index < -0.39 is 5.97 Å². The number of fused-ring (bicyclic) bond motifs is 2. The Morgan fingerprint density at radius 3 is 2.43 bits per heavy atom. The van der Waals surface area contributed by atoms with Gasteiger partial charge in [-0.3, -0.25) is 9.48 Å². The van der Waals surface area contributed by atoms with E-state index in [2.05, 4.69) is 62.0 Å². The number of benzene rings is 3. The Morgan fingerprint density at radius 2 is 1.75 bits per heavy atom. The number of hydrogen-bond donors (Lipinski definition) is 2. The minimum Gasteiger partial charge on any atom is -0.494 e. The number of aromatic nitrogens is 3. The van der Waals surface area contributed by atoms with Gasteiger partial charge in [-0.05, 0) is 106 Å². The largest absolute Gasteiger partial charge is 0.494 e. The number of carbonyl (C=O) groups excluding carboxylic acids is 1. The summed E-state index contributed by atoms with van der Waals surface area (Å²) < 4.78 is 8.05. The first kappa shape index (κ1) is 29.2. The summed E-state index contributed by atoms with van der Waals surface area (Å²) >= 11 is 0. The lowest BCUT2D eigenvalue weighted by molar-refractivity contribution is 0.0695. The molecule has 0 saturated heterocycles. The number of ether oxygens (including phenoxy) is 1. The zero-order valence-electron chi connectivity index (χ0n) is 26.2. The highest BCUT2D eigenvalue weighted by atomic mass is 16.5. The van der Waals surface area contributed by atoms with Gasteiger partial charge in [0.2, 0.25) is 0 Å². The standard InChI is InChI=1S/C36H38N4O4/c1-20-18-25(19-21(2)22(20)3)44-17-9-13-28-27-10-7-12-30(32-23(4)38-39(6)24(32)5)33(27)37-34(28)35(41)40-16-15-26-29(36(42)43)11-8-14-31(26)40/h7-8,10-12,14,18-19,37H,9,13,15-17H2,1-6H3,(H,42,43). The van der Waals surface area contributed by atoms with Crippen molar-refractivity contribution >= 4 is 28.5 Å². The van der Waals surface area contributed by atoms with Crippen LogP contribution in [0.2, 0.25) is 0 Å². The van der Waals surface area contributed by atoms with E-state index in [0.29, 0.717) is 49.4 Å². The molecule has 44 heavy (non-hydrogen) atoms. The quantitative estimate of drug-likeness (QED) is 0.189. The van der Waals surface area contributed by atoms with Crippen molar-refractivity contribution in [3.8, 4) is 16.9 Å². The Kier molecular flexibility index (Phi) is 7.53. The molecule has 0 fully saturated rings. The number of carboxylic acid groups (broad SMARTS) is 1. The molecule has 8 nitrogen and oxygen atoms in total. The van der Waals surface area contributed by atoms with E-state index in [1.165, 1.54) is 16.7 Å². The van der Waals surface area contributed by atoms with Crippen LogP contribution in [0.25, 0.3) is 22.0 Å². The first-order chi connectivity index (χ1) is 21.1. The lowest BCUT2D eigenvalue weighted by Crippen LogP contribution is -2.30. The van der Waals surface area contributed by atoms with E-state index in [1.807, 2.05) is 30.8 Å². The van der Waals surface area contributed by atoms with Crippen LogP contribution in [0.15, 0.2) is 48.5 Å². The predicted molar refractivity (Wildman–Crippen MR) is 173 cm³/mol. The zero-order chi connectivity index (χ0) is 31.3. The summed E-state index contributed by atoms with van der Waals surface area (Å²) in [7, 11) is 1.94. The number of para-hydroxylation sites is 1. The molecule has 1 aliphatic rings. The SMILES string of the molecule is Cc1cc(OCCCc2c(C(=O)N3CCc4c(C(=O)O)cccc43)[nH]c3c(-c4c(C)nn(C)c4C)cccc23)cc(C)c1C. The van der Waals surface area contributed by atoms with E-state index in [0.717, 1.165) is 44.7 Å². The van der Waals surface area contributed by atoms with Gasteiger partial charge in [0.15, 0.2) is 0 Å². The van der Waals surface area contributed by atoms with Crippen molar-refractivity contribution < 1.29 is 19.4 Å². The fraction of sp³-hybridized carbons (Fsp3) is 0.306. The van der Waals surface area contributed by atoms with E-state index >= 15 is 0 Å². The third-order valence-electron chi connectivity index (χ3n) is 9.18. The van der Waals surface area contributed by atoms with Gasteiger partial charge in [-0.25, -0.2) is 4.79 Å². The highest BCUT2D eigenvalue weighted by molar-refractivity contribution is 6.12. The number of nitrogens with one attached hydrogen (secondary N) is 1. The molecule has 5 aromatic rings. The van der Waals surface area contributed by atoms with Gasteiger partial charge < -0.3 is 19.7 Å². The van der Waals surface area contributed by atoms with E-state index in [9.17, 15) is 14.7 Å². The van der Waals surface area contributed by atoms with Crippen molar-refractivity contribution in [1.82, 2.24) is 14.8 Å². The molecule has 3 heterocycles. The number of amides is 1. The summed E-state index contributed by atoms with van der Waals surface area (Å²) in [6, 6.07) is 15.5. The number of anilines is 1. The van der Waals surface area contributed by atoms with Crippen molar-refractivity contribution in [1.29, 1.82) is 0 Å². The van der Waals surface area contributed by atoms with Crippen molar-refractivity contribution in [2.75, 3.05) is 18.1 Å². The van der Waals surface area contributed by atoms with Crippen LogP contribution in [0, 0.1) is 34.6 Å². The van der Waals surface area contributed by atoms with Crippen LogP contribution in [0.5, 0.6) is 5.75 Å². The molecule has 2 aromatic heterocycles. The molecule has 0 aliphatic carbocycles. The first-order valence-corrected chi connectivity index (χ1v) is 15.1. The summed E-state index contributed by atoms with van der Waals surface area (Å²) in [5.41, 5.74) is 11.7. The van der Waals surface area contributed by atoms with Gasteiger partial charge in [-0.15, -0.1) is 0 Å². The Hall–Kier alpha value is -4.85. The molecule has 0 atom stereocenters. The molecule has 1 amide bonds. The monoisotopic (exact) mass is 590 g/mol. The van der Waals surface area contributed by atoms with Gasteiger partial charge >= 0.3 is 5.97 Å². The molecule has 0 spiro atoms. The second-order valence-electron chi connectivity index (χ2n) is 11.8. The third-order valence-corrected chi connectivity index (χ3v) is 9.18. The fourth-order valence-corrected chi connectivity index (χ4v) is 6.59. The predicted octanol–water partition coefficient (Wildman–Crippen LogP) is 7.02. The second kappa shape index (κ2) is 11.3. The number of rotatable bonds is 8. The molecule has 226 valence electrons. The van der Waals surface area contributed by atoms with Crippen molar-refractivity contribution in [2.45, 2.75) is 53.9 Å². The number of carbonyl (C=O) groups is 2. The molecule has 6 rings (SSSR count). The molecular formula is C36H38N4O4. The smallest absolute Gasteiger partial charge is 0.336 e. The molecule has 0 saturated carbocycles. The van der Waals surface area contributed by atoms with Gasteiger partial charge in [0, 0.05) is 41.5 Å². The minimum atomic E-state index is -0.978. The van der Waals surface area contributed by atoms with E-state index in [1.54, 1.807) is 17.0 Å². The Labute approximate surface area is 257 Å². The maximum absolute atomic E-state index is 14.3.